The average Bonchev–Trinajstić information content (AvgIpc) is 2.80. The van der Waals surface area contributed by atoms with E-state index in [1.54, 1.807) is 12.7 Å². The lowest BCUT2D eigenvalue weighted by atomic mass is 9.95. The molecule has 4 nitrogen and oxygen atoms in total. The van der Waals surface area contributed by atoms with Crippen molar-refractivity contribution in [1.29, 1.82) is 0 Å². The van der Waals surface area contributed by atoms with Crippen LogP contribution >= 0.6 is 0 Å². The Hall–Kier alpha value is -1.68. The zero-order chi connectivity index (χ0) is 11.4. The van der Waals surface area contributed by atoms with E-state index in [0.29, 0.717) is 12.5 Å². The number of rotatable bonds is 4. The lowest BCUT2D eigenvalue weighted by molar-refractivity contribution is 0.518. The van der Waals surface area contributed by atoms with E-state index in [1.807, 2.05) is 16.8 Å². The van der Waals surface area contributed by atoms with Gasteiger partial charge in [-0.3, -0.25) is 4.68 Å². The number of hydrogen-bond acceptors (Lipinski definition) is 3. The van der Waals surface area contributed by atoms with Crippen LogP contribution in [-0.2, 0) is 6.54 Å². The summed E-state index contributed by atoms with van der Waals surface area (Å²) in [7, 11) is 0. The van der Waals surface area contributed by atoms with E-state index in [1.165, 1.54) is 11.1 Å². The molecule has 1 aromatic carbocycles. The summed E-state index contributed by atoms with van der Waals surface area (Å²) in [5.41, 5.74) is 8.40. The molecular weight excluding hydrogens is 200 g/mol. The van der Waals surface area contributed by atoms with Crippen LogP contribution in [0.2, 0.25) is 0 Å². The van der Waals surface area contributed by atoms with Gasteiger partial charge < -0.3 is 5.73 Å². The lowest BCUT2D eigenvalue weighted by Gasteiger charge is -2.17. The number of hydrogen-bond donors (Lipinski definition) is 1. The highest BCUT2D eigenvalue weighted by Crippen LogP contribution is 2.20. The van der Waals surface area contributed by atoms with Crippen molar-refractivity contribution < 1.29 is 0 Å². The lowest BCUT2D eigenvalue weighted by Crippen LogP contribution is -2.19. The molecule has 0 aliphatic rings. The number of benzene rings is 1. The molecule has 0 fully saturated rings. The van der Waals surface area contributed by atoms with E-state index in [0.717, 1.165) is 6.54 Å². The van der Waals surface area contributed by atoms with E-state index in [4.69, 9.17) is 5.73 Å². The first-order valence-corrected chi connectivity index (χ1v) is 5.39. The van der Waals surface area contributed by atoms with Crippen molar-refractivity contribution in [1.82, 2.24) is 14.8 Å². The summed E-state index contributed by atoms with van der Waals surface area (Å²) < 4.78 is 1.82. The highest BCUT2D eigenvalue weighted by Gasteiger charge is 2.12. The quantitative estimate of drug-likeness (QED) is 0.838. The van der Waals surface area contributed by atoms with Crippen LogP contribution in [0, 0.1) is 6.92 Å². The molecule has 4 heteroatoms. The fourth-order valence-electron chi connectivity index (χ4n) is 1.90. The van der Waals surface area contributed by atoms with E-state index in [9.17, 15) is 0 Å². The van der Waals surface area contributed by atoms with Crippen molar-refractivity contribution in [3.8, 4) is 0 Å². The zero-order valence-electron chi connectivity index (χ0n) is 9.37. The smallest absolute Gasteiger partial charge is 0.137 e. The second kappa shape index (κ2) is 4.90. The van der Waals surface area contributed by atoms with Crippen molar-refractivity contribution in [2.75, 3.05) is 6.54 Å². The van der Waals surface area contributed by atoms with Gasteiger partial charge in [-0.2, -0.15) is 5.10 Å². The first-order chi connectivity index (χ1) is 7.81. The van der Waals surface area contributed by atoms with E-state index >= 15 is 0 Å². The molecule has 84 valence electrons. The number of aryl methyl sites for hydroxylation is 1. The Morgan fingerprint density at radius 1 is 1.38 bits per heavy atom. The van der Waals surface area contributed by atoms with Crippen molar-refractivity contribution in [3.05, 3.63) is 48.0 Å². The molecule has 1 atom stereocenters. The van der Waals surface area contributed by atoms with Crippen LogP contribution in [0.5, 0.6) is 0 Å². The van der Waals surface area contributed by atoms with Crippen LogP contribution in [0.15, 0.2) is 36.9 Å². The molecule has 1 heterocycles. The Labute approximate surface area is 95.1 Å². The molecule has 0 saturated heterocycles. The standard InChI is InChI=1S/C12H16N4/c1-10-4-2-3-5-12(10)11(6-13)7-16-9-14-8-15-16/h2-5,8-9,11H,6-7,13H2,1H3. The topological polar surface area (TPSA) is 56.7 Å². The highest BCUT2D eigenvalue weighted by molar-refractivity contribution is 5.29. The third-order valence-electron chi connectivity index (χ3n) is 2.79. The second-order valence-corrected chi connectivity index (χ2v) is 3.91. The Kier molecular flexibility index (Phi) is 3.31. The van der Waals surface area contributed by atoms with E-state index in [-0.39, 0.29) is 0 Å². The van der Waals surface area contributed by atoms with Gasteiger partial charge in [0, 0.05) is 12.5 Å². The molecule has 2 rings (SSSR count). The summed E-state index contributed by atoms with van der Waals surface area (Å²) in [6.07, 6.45) is 3.27. The summed E-state index contributed by atoms with van der Waals surface area (Å²) in [5.74, 6) is 0.294. The first-order valence-electron chi connectivity index (χ1n) is 5.39. The summed E-state index contributed by atoms with van der Waals surface area (Å²) in [5, 5.41) is 4.11. The van der Waals surface area contributed by atoms with Gasteiger partial charge in [-0.05, 0) is 18.1 Å². The fourth-order valence-corrected chi connectivity index (χ4v) is 1.90. The molecule has 0 aliphatic heterocycles. The molecule has 0 radical (unpaired) electrons. The van der Waals surface area contributed by atoms with Gasteiger partial charge in [0.2, 0.25) is 0 Å². The SMILES string of the molecule is Cc1ccccc1C(CN)Cn1cncn1. The van der Waals surface area contributed by atoms with Crippen molar-refractivity contribution >= 4 is 0 Å². The molecule has 2 N–H and O–H groups in total. The molecular formula is C12H16N4. The molecule has 0 saturated carbocycles. The fraction of sp³-hybridized carbons (Fsp3) is 0.333. The molecule has 2 aromatic rings. The molecule has 0 spiro atoms. The van der Waals surface area contributed by atoms with Crippen LogP contribution in [0.4, 0.5) is 0 Å². The Bertz CT molecular complexity index is 436. The minimum Gasteiger partial charge on any atom is -0.330 e. The van der Waals surface area contributed by atoms with Gasteiger partial charge in [0.15, 0.2) is 0 Å². The predicted molar refractivity (Wildman–Crippen MR) is 63.0 cm³/mol. The first kappa shape index (κ1) is 10.8. The molecule has 0 amide bonds. The Morgan fingerprint density at radius 3 is 2.81 bits per heavy atom. The maximum atomic E-state index is 5.83. The number of nitrogens with zero attached hydrogens (tertiary/aromatic N) is 3. The number of aromatic nitrogens is 3. The minimum absolute atomic E-state index is 0.294. The predicted octanol–water partition coefficient (Wildman–Crippen LogP) is 1.33. The third kappa shape index (κ3) is 2.28. The largest absolute Gasteiger partial charge is 0.330 e. The number of nitrogens with two attached hydrogens (primary N) is 1. The average molecular weight is 216 g/mol. The van der Waals surface area contributed by atoms with Crippen LogP contribution in [0.25, 0.3) is 0 Å². The van der Waals surface area contributed by atoms with Gasteiger partial charge in [-0.15, -0.1) is 0 Å². The second-order valence-electron chi connectivity index (χ2n) is 3.91. The molecule has 1 unspecified atom stereocenters. The summed E-state index contributed by atoms with van der Waals surface area (Å²) >= 11 is 0. The summed E-state index contributed by atoms with van der Waals surface area (Å²) in [6, 6.07) is 8.33. The van der Waals surface area contributed by atoms with Gasteiger partial charge in [0.05, 0.1) is 6.54 Å². The highest BCUT2D eigenvalue weighted by atomic mass is 15.3. The van der Waals surface area contributed by atoms with Crippen molar-refractivity contribution in [2.24, 2.45) is 5.73 Å². The van der Waals surface area contributed by atoms with Crippen molar-refractivity contribution in [2.45, 2.75) is 19.4 Å². The summed E-state index contributed by atoms with van der Waals surface area (Å²) in [6.45, 7) is 3.51. The normalized spacial score (nSPS) is 12.6. The van der Waals surface area contributed by atoms with Crippen LogP contribution in [-0.4, -0.2) is 21.3 Å². The molecule has 0 aliphatic carbocycles. The van der Waals surface area contributed by atoms with Gasteiger partial charge >= 0.3 is 0 Å². The van der Waals surface area contributed by atoms with Crippen LogP contribution in [0.1, 0.15) is 17.0 Å². The van der Waals surface area contributed by atoms with Gasteiger partial charge in [0.1, 0.15) is 12.7 Å². The minimum atomic E-state index is 0.294. The van der Waals surface area contributed by atoms with Gasteiger partial charge in [-0.25, -0.2) is 4.98 Å². The molecule has 16 heavy (non-hydrogen) atoms. The van der Waals surface area contributed by atoms with Gasteiger partial charge in [-0.1, -0.05) is 24.3 Å². The van der Waals surface area contributed by atoms with Gasteiger partial charge in [0.25, 0.3) is 0 Å². The van der Waals surface area contributed by atoms with Crippen LogP contribution in [0.3, 0.4) is 0 Å². The summed E-state index contributed by atoms with van der Waals surface area (Å²) in [4.78, 5) is 3.94. The Balaban J connectivity index is 2.20. The van der Waals surface area contributed by atoms with E-state index in [2.05, 4.69) is 29.1 Å². The molecule has 1 aromatic heterocycles. The molecule has 0 bridgehead atoms. The van der Waals surface area contributed by atoms with Crippen LogP contribution < -0.4 is 5.73 Å². The maximum Gasteiger partial charge on any atom is 0.137 e. The monoisotopic (exact) mass is 216 g/mol. The maximum absolute atomic E-state index is 5.83. The third-order valence-corrected chi connectivity index (χ3v) is 2.79. The Morgan fingerprint density at radius 2 is 2.19 bits per heavy atom. The zero-order valence-corrected chi connectivity index (χ0v) is 9.37. The van der Waals surface area contributed by atoms with E-state index < -0.39 is 0 Å². The van der Waals surface area contributed by atoms with Crippen molar-refractivity contribution in [3.63, 3.8) is 0 Å².